The summed E-state index contributed by atoms with van der Waals surface area (Å²) in [6.07, 6.45) is 6.23. The quantitative estimate of drug-likeness (QED) is 0.544. The van der Waals surface area contributed by atoms with E-state index >= 15 is 0 Å². The van der Waals surface area contributed by atoms with Crippen molar-refractivity contribution < 1.29 is 19.1 Å². The van der Waals surface area contributed by atoms with Crippen molar-refractivity contribution in [1.29, 1.82) is 0 Å². The van der Waals surface area contributed by atoms with Gasteiger partial charge in [-0.1, -0.05) is 13.8 Å². The molecule has 4 saturated carbocycles. The summed E-state index contributed by atoms with van der Waals surface area (Å²) in [5.41, 5.74) is -0.536. The minimum Gasteiger partial charge on any atom is -0.455 e. The van der Waals surface area contributed by atoms with Crippen molar-refractivity contribution in [3.8, 4) is 0 Å². The van der Waals surface area contributed by atoms with Gasteiger partial charge < -0.3 is 10.1 Å². The summed E-state index contributed by atoms with van der Waals surface area (Å²) in [6.45, 7) is 4.18. The van der Waals surface area contributed by atoms with Gasteiger partial charge in [0.15, 0.2) is 6.61 Å². The average molecular weight is 385 g/mol. The van der Waals surface area contributed by atoms with Gasteiger partial charge in [0.2, 0.25) is 0 Å². The lowest BCUT2D eigenvalue weighted by Crippen LogP contribution is -2.56. The minimum atomic E-state index is -0.606. The number of urea groups is 1. The van der Waals surface area contributed by atoms with Gasteiger partial charge in [0, 0.05) is 11.4 Å². The molecule has 4 bridgehead atoms. The van der Waals surface area contributed by atoms with Gasteiger partial charge in [-0.3, -0.25) is 14.9 Å². The molecule has 0 aliphatic heterocycles. The second kappa shape index (κ2) is 7.37. The van der Waals surface area contributed by atoms with E-state index < -0.39 is 24.0 Å². The lowest BCUT2D eigenvalue weighted by Gasteiger charge is -2.58. The minimum absolute atomic E-state index is 0.276. The Labute approximate surface area is 159 Å². The second-order valence-electron chi connectivity index (χ2n) is 8.95. The zero-order valence-corrected chi connectivity index (χ0v) is 16.4. The zero-order chi connectivity index (χ0) is 18.9. The molecule has 4 aliphatic rings. The third-order valence-electron chi connectivity index (χ3n) is 6.02. The lowest BCUT2D eigenvalue weighted by atomic mass is 9.49. The van der Waals surface area contributed by atoms with Crippen LogP contribution >= 0.6 is 11.6 Å². The van der Waals surface area contributed by atoms with E-state index in [-0.39, 0.29) is 10.8 Å². The van der Waals surface area contributed by atoms with Crippen LogP contribution in [0.2, 0.25) is 0 Å². The number of alkyl halides is 1. The molecule has 0 aromatic rings. The summed E-state index contributed by atoms with van der Waals surface area (Å²) in [5, 5.41) is 4.82. The fourth-order valence-electron chi connectivity index (χ4n) is 5.36. The number of carbonyl (C=O) groups excluding carboxylic acids is 3. The molecule has 2 atom stereocenters. The first-order valence-corrected chi connectivity index (χ1v) is 10.0. The van der Waals surface area contributed by atoms with Gasteiger partial charge in [-0.25, -0.2) is 4.79 Å². The monoisotopic (exact) mass is 384 g/mol. The molecule has 0 unspecified atom stereocenters. The largest absolute Gasteiger partial charge is 0.455 e. The maximum absolute atomic E-state index is 12.7. The van der Waals surface area contributed by atoms with E-state index in [1.165, 1.54) is 0 Å². The van der Waals surface area contributed by atoms with E-state index in [0.29, 0.717) is 30.7 Å². The average Bonchev–Trinajstić information content (AvgIpc) is 2.49. The summed E-state index contributed by atoms with van der Waals surface area (Å²) in [5.74, 6) is 0.513. The number of rotatable bonds is 6. The van der Waals surface area contributed by atoms with Crippen molar-refractivity contribution in [3.05, 3.63) is 0 Å². The molecule has 4 rings (SSSR count). The number of hydrogen-bond donors (Lipinski definition) is 2. The molecule has 0 radical (unpaired) electrons. The van der Waals surface area contributed by atoms with E-state index in [9.17, 15) is 14.4 Å². The Bertz CT molecular complexity index is 578. The van der Waals surface area contributed by atoms with Crippen molar-refractivity contribution in [2.24, 2.45) is 23.2 Å². The predicted octanol–water partition coefficient (Wildman–Crippen LogP) is 2.98. The maximum Gasteiger partial charge on any atom is 0.321 e. The number of halogens is 1. The van der Waals surface area contributed by atoms with Crippen LogP contribution in [0.4, 0.5) is 4.79 Å². The molecule has 26 heavy (non-hydrogen) atoms. The van der Waals surface area contributed by atoms with Gasteiger partial charge in [0.1, 0.15) is 0 Å². The molecule has 0 saturated heterocycles. The topological polar surface area (TPSA) is 84.5 Å². The summed E-state index contributed by atoms with van der Waals surface area (Å²) < 4.78 is 5.29. The summed E-state index contributed by atoms with van der Waals surface area (Å²) in [6, 6.07) is -0.554. The fourth-order valence-corrected chi connectivity index (χ4v) is 6.05. The summed E-state index contributed by atoms with van der Waals surface area (Å²) in [7, 11) is 0. The Morgan fingerprint density at radius 3 is 2.38 bits per heavy atom. The van der Waals surface area contributed by atoms with E-state index in [1.807, 2.05) is 0 Å². The molecular formula is C19H29ClN2O4. The first-order valence-electron chi connectivity index (χ1n) is 9.64. The van der Waals surface area contributed by atoms with Crippen molar-refractivity contribution in [2.75, 3.05) is 13.2 Å². The van der Waals surface area contributed by atoms with Crippen LogP contribution in [0, 0.1) is 23.2 Å². The van der Waals surface area contributed by atoms with Gasteiger partial charge in [-0.15, -0.1) is 11.6 Å². The Hall–Kier alpha value is -1.30. The van der Waals surface area contributed by atoms with E-state index in [4.69, 9.17) is 16.3 Å². The van der Waals surface area contributed by atoms with Crippen LogP contribution in [-0.4, -0.2) is 35.9 Å². The third-order valence-corrected chi connectivity index (χ3v) is 6.46. The molecule has 0 aromatic heterocycles. The first-order chi connectivity index (χ1) is 12.2. The molecule has 3 amide bonds. The van der Waals surface area contributed by atoms with Gasteiger partial charge in [0.05, 0.1) is 5.41 Å². The molecule has 7 heteroatoms. The van der Waals surface area contributed by atoms with E-state index in [2.05, 4.69) is 24.5 Å². The lowest BCUT2D eigenvalue weighted by molar-refractivity contribution is -0.171. The van der Waals surface area contributed by atoms with Crippen LogP contribution in [0.5, 0.6) is 0 Å². The number of hydrogen-bond acceptors (Lipinski definition) is 4. The standard InChI is InChI=1S/C19H29ClN2O4/c1-12(2)3-4-21-17(25)22-15(23)10-26-16(24)18-6-13-5-14(7-18)9-19(20,8-13)11-18/h12-14H,3-11H2,1-2H3,(H2,21,22,23,25)/t13-,14-,18?,19?/m0/s1. The Balaban J connectivity index is 1.45. The number of esters is 1. The van der Waals surface area contributed by atoms with Gasteiger partial charge in [-0.2, -0.15) is 0 Å². The molecule has 0 spiro atoms. The van der Waals surface area contributed by atoms with E-state index in [0.717, 1.165) is 38.5 Å². The van der Waals surface area contributed by atoms with Crippen LogP contribution in [0.1, 0.15) is 58.8 Å². The highest BCUT2D eigenvalue weighted by atomic mass is 35.5. The van der Waals surface area contributed by atoms with Crippen LogP contribution in [0.3, 0.4) is 0 Å². The highest BCUT2D eigenvalue weighted by molar-refractivity contribution is 6.24. The SMILES string of the molecule is CC(C)CCNC(=O)NC(=O)COC(=O)C12C[C@@H]3C[C@H](CC(Cl)(C3)C1)C2. The number of nitrogens with one attached hydrogen (secondary N) is 2. The number of imide groups is 1. The maximum atomic E-state index is 12.7. The molecule has 4 fully saturated rings. The van der Waals surface area contributed by atoms with Gasteiger partial charge in [-0.05, 0) is 62.7 Å². The third kappa shape index (κ3) is 4.33. The fraction of sp³-hybridized carbons (Fsp3) is 0.842. The van der Waals surface area contributed by atoms with E-state index in [1.54, 1.807) is 0 Å². The molecule has 0 heterocycles. The Morgan fingerprint density at radius 1 is 1.15 bits per heavy atom. The second-order valence-corrected chi connectivity index (χ2v) is 9.76. The molecular weight excluding hydrogens is 356 g/mol. The predicted molar refractivity (Wildman–Crippen MR) is 97.7 cm³/mol. The van der Waals surface area contributed by atoms with Crippen LogP contribution in [0.25, 0.3) is 0 Å². The number of carbonyl (C=O) groups is 3. The Morgan fingerprint density at radius 2 is 1.81 bits per heavy atom. The van der Waals surface area contributed by atoms with Crippen molar-refractivity contribution in [2.45, 2.75) is 63.7 Å². The molecule has 2 N–H and O–H groups in total. The molecule has 146 valence electrons. The zero-order valence-electron chi connectivity index (χ0n) is 15.6. The van der Waals surface area contributed by atoms with Crippen LogP contribution in [-0.2, 0) is 14.3 Å². The normalized spacial score (nSPS) is 34.6. The van der Waals surface area contributed by atoms with Crippen LogP contribution in [0.15, 0.2) is 0 Å². The summed E-state index contributed by atoms with van der Waals surface area (Å²) in [4.78, 5) is 36.0. The molecule has 6 nitrogen and oxygen atoms in total. The van der Waals surface area contributed by atoms with Crippen molar-refractivity contribution in [3.63, 3.8) is 0 Å². The van der Waals surface area contributed by atoms with Gasteiger partial charge >= 0.3 is 12.0 Å². The van der Waals surface area contributed by atoms with Gasteiger partial charge in [0.25, 0.3) is 5.91 Å². The number of ether oxygens (including phenoxy) is 1. The Kier molecular flexibility index (Phi) is 5.52. The molecule has 4 aliphatic carbocycles. The summed E-state index contributed by atoms with van der Waals surface area (Å²) >= 11 is 6.73. The molecule has 0 aromatic carbocycles. The smallest absolute Gasteiger partial charge is 0.321 e. The highest BCUT2D eigenvalue weighted by Crippen LogP contribution is 2.64. The highest BCUT2D eigenvalue weighted by Gasteiger charge is 2.60. The van der Waals surface area contributed by atoms with Crippen LogP contribution < -0.4 is 10.6 Å². The van der Waals surface area contributed by atoms with Crippen molar-refractivity contribution in [1.82, 2.24) is 10.6 Å². The number of amides is 3. The first kappa shape index (κ1) is 19.5. The van der Waals surface area contributed by atoms with Crippen molar-refractivity contribution >= 4 is 29.5 Å².